The number of benzene rings is 10. The zero-order valence-electron chi connectivity index (χ0n) is 70.6. The van der Waals surface area contributed by atoms with Gasteiger partial charge in [0.25, 0.3) is 0 Å². The van der Waals surface area contributed by atoms with Gasteiger partial charge in [0.2, 0.25) is 0 Å². The van der Waals surface area contributed by atoms with E-state index in [4.69, 9.17) is 27.9 Å². The van der Waals surface area contributed by atoms with Crippen molar-refractivity contribution in [1.82, 2.24) is 26.6 Å². The maximum Gasteiger partial charge on any atom is 0.175 e. The maximum absolute atomic E-state index is 14.2. The highest BCUT2D eigenvalue weighted by atomic mass is 35.5. The van der Waals surface area contributed by atoms with Crippen molar-refractivity contribution in [3.8, 4) is 5.75 Å². The van der Waals surface area contributed by atoms with Gasteiger partial charge in [0, 0.05) is 137 Å². The molecule has 5 N–H and O–H groups in total. The fraction of sp³-hybridized carbons (Fsp3) is 0.314. The Morgan fingerprint density at radius 3 is 0.935 bits per heavy atom. The minimum atomic E-state index is -3.16. The molecule has 10 aromatic carbocycles. The van der Waals surface area contributed by atoms with Crippen LogP contribution in [0.25, 0.3) is 50.4 Å². The SMILES string of the molecule is COc1ccc(CN(c2ccc3sccc3c2)C2CCNCC2)cc1.CS(=O)(=O)c1ccc(CN(c2ccc3sccc3c2)C2CCNCC2)cc1.Clc1ccc(CN(c2ccc3sccc3c2)C2CCNCC2)cc1.Clc1cccc(CN(c2ccc3sccc3c2)C2CCNCC2)c1.Fc1ccccc1CN(c1ccc2sccc2c1)C1CCNCC1. The van der Waals surface area contributed by atoms with Gasteiger partial charge >= 0.3 is 0 Å². The summed E-state index contributed by atoms with van der Waals surface area (Å²) in [6, 6.07) is 86.9. The number of halogens is 3. The van der Waals surface area contributed by atoms with Crippen molar-refractivity contribution < 1.29 is 17.5 Å². The first-order chi connectivity index (χ1) is 60.7. The van der Waals surface area contributed by atoms with E-state index in [1.807, 2.05) is 59.9 Å². The van der Waals surface area contributed by atoms with Gasteiger partial charge < -0.3 is 55.8 Å². The van der Waals surface area contributed by atoms with E-state index in [1.165, 1.54) is 140 Å². The van der Waals surface area contributed by atoms with E-state index in [0.717, 1.165) is 144 Å². The largest absolute Gasteiger partial charge is 0.497 e. The molecule has 5 aliphatic heterocycles. The zero-order chi connectivity index (χ0) is 85.0. The van der Waals surface area contributed by atoms with E-state index in [9.17, 15) is 12.8 Å². The number of thiophene rings is 5. The third kappa shape index (κ3) is 23.6. The number of fused-ring (bicyclic) bond motifs is 5. The minimum absolute atomic E-state index is 0.118. The molecule has 13 nitrogen and oxygen atoms in total. The summed E-state index contributed by atoms with van der Waals surface area (Å²) in [5, 5.41) is 36.2. The molecule has 10 heterocycles. The van der Waals surface area contributed by atoms with Crippen molar-refractivity contribution >= 4 is 169 Å². The molecule has 0 bridgehead atoms. The third-order valence-corrected chi connectivity index (χ3v) is 30.7. The summed E-state index contributed by atoms with van der Waals surface area (Å²) in [7, 11) is -1.44. The summed E-state index contributed by atoms with van der Waals surface area (Å²) >= 11 is 21.2. The van der Waals surface area contributed by atoms with Crippen LogP contribution in [0.15, 0.2) is 274 Å². The van der Waals surface area contributed by atoms with Gasteiger partial charge in [0.15, 0.2) is 9.84 Å². The summed E-state index contributed by atoms with van der Waals surface area (Å²) in [5.41, 5.74) is 12.2. The molecule has 5 fully saturated rings. The lowest BCUT2D eigenvalue weighted by molar-refractivity contribution is 0.414. The Morgan fingerprint density at radius 1 is 0.331 bits per heavy atom. The molecule has 5 saturated heterocycles. The number of nitrogens with zero attached hydrogens (tertiary/aromatic N) is 5. The molecule has 0 saturated carbocycles. The molecular weight excluding hydrogens is 1700 g/mol. The van der Waals surface area contributed by atoms with Crippen molar-refractivity contribution in [2.75, 3.05) is 103 Å². The number of methoxy groups -OCH3 is 1. The summed E-state index contributed by atoms with van der Waals surface area (Å²) in [5.74, 6) is 0.796. The maximum atomic E-state index is 14.2. The van der Waals surface area contributed by atoms with Crippen molar-refractivity contribution in [2.24, 2.45) is 0 Å². The monoisotopic (exact) mass is 1800 g/mol. The normalized spacial score (nSPS) is 15.7. The van der Waals surface area contributed by atoms with Gasteiger partial charge in [-0.15, -0.1) is 56.7 Å². The number of hydrogen-bond acceptors (Lipinski definition) is 18. The number of hydrogen-bond donors (Lipinski definition) is 5. The summed E-state index contributed by atoms with van der Waals surface area (Å²) in [4.78, 5) is 13.0. The quantitative estimate of drug-likeness (QED) is 0.0443. The van der Waals surface area contributed by atoms with Crippen LogP contribution in [-0.4, -0.2) is 117 Å². The molecule has 5 aromatic heterocycles. The van der Waals surface area contributed by atoms with Crippen molar-refractivity contribution in [3.05, 3.63) is 313 Å². The molecule has 0 radical (unpaired) electrons. The number of anilines is 5. The molecule has 0 unspecified atom stereocenters. The Bertz CT molecular complexity index is 5990. The van der Waals surface area contributed by atoms with Gasteiger partial charge in [-0.1, -0.05) is 89.9 Å². The molecule has 5 aliphatic rings. The smallest absolute Gasteiger partial charge is 0.175 e. The van der Waals surface area contributed by atoms with Crippen LogP contribution >= 0.6 is 79.9 Å². The molecule has 15 aromatic rings. The molecule has 22 heteroatoms. The Hall–Kier alpha value is -8.94. The highest BCUT2D eigenvalue weighted by molar-refractivity contribution is 7.90. The number of ether oxygens (including phenoxy) is 1. The molecule has 0 aliphatic carbocycles. The van der Waals surface area contributed by atoms with Gasteiger partial charge in [-0.25, -0.2) is 12.8 Å². The van der Waals surface area contributed by atoms with Crippen LogP contribution in [0.5, 0.6) is 5.75 Å². The molecule has 0 spiro atoms. The highest BCUT2D eigenvalue weighted by Crippen LogP contribution is 2.38. The van der Waals surface area contributed by atoms with Crippen molar-refractivity contribution in [3.63, 3.8) is 0 Å². The van der Waals surface area contributed by atoms with Crippen LogP contribution in [0.2, 0.25) is 10.0 Å². The Morgan fingerprint density at radius 2 is 0.629 bits per heavy atom. The van der Waals surface area contributed by atoms with E-state index < -0.39 is 9.84 Å². The molecule has 644 valence electrons. The second-order valence-electron chi connectivity index (χ2n) is 32.9. The number of sulfone groups is 1. The lowest BCUT2D eigenvalue weighted by atomic mass is 10.0. The summed E-state index contributed by atoms with van der Waals surface area (Å²) < 4.78 is 49.6. The predicted octanol–water partition coefficient (Wildman–Crippen LogP) is 24.2. The highest BCUT2D eigenvalue weighted by Gasteiger charge is 2.29. The van der Waals surface area contributed by atoms with Crippen LogP contribution in [0.3, 0.4) is 0 Å². The zero-order valence-corrected chi connectivity index (χ0v) is 77.0. The van der Waals surface area contributed by atoms with Crippen molar-refractivity contribution in [1.29, 1.82) is 0 Å². The first-order valence-electron chi connectivity index (χ1n) is 43.6. The second kappa shape index (κ2) is 43.5. The molecule has 0 amide bonds. The standard InChI is InChI=1S/C21H24N2O2S2.C21H24N2OS.2C20H21ClN2S.C20H21FN2S/c1-27(24,25)20-5-2-16(3-6-20)15-23(18-8-11-22-12-9-18)19-4-7-21-17(14-19)10-13-26-21;1-24-20-5-2-16(3-6-20)15-23(18-8-11-22-12-9-18)19-4-7-21-17(14-19)10-13-25-21;21-17-3-1-15(2-4-17)14-23(18-7-10-22-11-8-18)19-5-6-20-16(13-19)9-12-24-20;21-17-3-1-2-15(12-17)14-23(18-6-9-22-10-7-18)19-4-5-20-16(13-19)8-11-24-20;21-19-4-2-1-3-16(19)14-23(17-7-10-22-11-8-17)18-5-6-20-15(13-18)9-12-24-20/h2-7,10,13-14,18,22H,8-9,11-12,15H2,1H3;2-7,10,13-14,18,22H,8-9,11-12,15H2,1H3;1-6,9,12-13,18,22H,7-8,10-11,14H2;1-5,8,11-13,18,22H,6-7,9-10,14H2;1-6,9,12-13,17,22H,7-8,10-11,14H2. The Kier molecular flexibility index (Phi) is 31.0. The van der Waals surface area contributed by atoms with Gasteiger partial charge in [-0.2, -0.15) is 0 Å². The van der Waals surface area contributed by atoms with Crippen LogP contribution in [0.1, 0.15) is 92.0 Å². The molecule has 124 heavy (non-hydrogen) atoms. The average molecular weight is 1810 g/mol. The molecular formula is C102H111Cl2FN10O3S6. The lowest BCUT2D eigenvalue weighted by Gasteiger charge is -2.36. The number of rotatable bonds is 22. The average Bonchev–Trinajstić information content (AvgIpc) is 1.35. The van der Waals surface area contributed by atoms with Crippen LogP contribution < -0.4 is 55.8 Å². The van der Waals surface area contributed by atoms with Crippen LogP contribution in [-0.2, 0) is 42.6 Å². The van der Waals surface area contributed by atoms with Crippen LogP contribution in [0, 0.1) is 5.82 Å². The Balaban J connectivity index is 0.000000115. The second-order valence-corrected chi connectivity index (χ2v) is 40.5. The fourth-order valence-corrected chi connectivity index (χ4v) is 22.6. The summed E-state index contributed by atoms with van der Waals surface area (Å²) in [6.07, 6.45) is 12.8. The summed E-state index contributed by atoms with van der Waals surface area (Å²) in [6.45, 7) is 14.9. The first kappa shape index (κ1) is 88.5. The molecule has 0 atom stereocenters. The van der Waals surface area contributed by atoms with Gasteiger partial charge in [0.05, 0.1) is 12.0 Å². The van der Waals surface area contributed by atoms with E-state index in [-0.39, 0.29) is 5.82 Å². The minimum Gasteiger partial charge on any atom is -0.497 e. The molecule has 20 rings (SSSR count). The third-order valence-electron chi connectivity index (χ3n) is 24.6. The van der Waals surface area contributed by atoms with E-state index >= 15 is 0 Å². The first-order valence-corrected chi connectivity index (χ1v) is 50.7. The Labute approximate surface area is 760 Å². The predicted molar refractivity (Wildman–Crippen MR) is 531 cm³/mol. The van der Waals surface area contributed by atoms with Gasteiger partial charge in [-0.3, -0.25) is 0 Å². The fourth-order valence-electron chi connectivity index (χ4n) is 17.8. The topological polar surface area (TPSA) is 120 Å². The number of piperidine rings is 5. The number of nitrogens with one attached hydrogen (secondary N) is 5. The van der Waals surface area contributed by atoms with Crippen molar-refractivity contribution in [2.45, 2.75) is 132 Å². The van der Waals surface area contributed by atoms with Crippen LogP contribution in [0.4, 0.5) is 32.8 Å². The van der Waals surface area contributed by atoms with E-state index in [1.54, 1.807) is 76.7 Å². The van der Waals surface area contributed by atoms with Gasteiger partial charge in [-0.05, 0) is 382 Å². The lowest BCUT2D eigenvalue weighted by Crippen LogP contribution is -2.43. The van der Waals surface area contributed by atoms with E-state index in [0.29, 0.717) is 41.6 Å². The van der Waals surface area contributed by atoms with E-state index in [2.05, 4.69) is 248 Å². The van der Waals surface area contributed by atoms with Gasteiger partial charge in [0.1, 0.15) is 11.6 Å².